The van der Waals surface area contributed by atoms with Gasteiger partial charge in [-0.1, -0.05) is 24.3 Å². The Labute approximate surface area is 231 Å². The Morgan fingerprint density at radius 2 is 1.77 bits per heavy atom. The van der Waals surface area contributed by atoms with Gasteiger partial charge in [0.2, 0.25) is 5.91 Å². The molecule has 1 unspecified atom stereocenters. The van der Waals surface area contributed by atoms with Gasteiger partial charge in [-0.15, -0.1) is 0 Å². The van der Waals surface area contributed by atoms with Crippen molar-refractivity contribution >= 4 is 17.5 Å². The molecule has 7 nitrogen and oxygen atoms in total. The van der Waals surface area contributed by atoms with Crippen molar-refractivity contribution in [3.63, 3.8) is 0 Å². The van der Waals surface area contributed by atoms with Crippen molar-refractivity contribution in [1.82, 2.24) is 15.5 Å². The number of piperidine rings is 1. The van der Waals surface area contributed by atoms with Gasteiger partial charge in [0.05, 0.1) is 5.56 Å². The highest BCUT2D eigenvalue weighted by Gasteiger charge is 2.45. The molecule has 1 aromatic heterocycles. The number of carbonyl (C=O) groups excluding carboxylic acids is 2. The lowest BCUT2D eigenvalue weighted by molar-refractivity contribution is -0.140. The molecule has 2 aromatic carbocycles. The van der Waals surface area contributed by atoms with Crippen LogP contribution in [0.3, 0.4) is 0 Å². The highest BCUT2D eigenvalue weighted by Crippen LogP contribution is 2.33. The number of carbonyl (C=O) groups is 2. The normalized spacial score (nSPS) is 19.4. The zero-order valence-corrected chi connectivity index (χ0v) is 22.6. The maximum absolute atomic E-state index is 14.0. The van der Waals surface area contributed by atoms with E-state index in [1.807, 2.05) is 11.0 Å². The number of furan rings is 1. The van der Waals surface area contributed by atoms with Crippen molar-refractivity contribution < 1.29 is 27.2 Å². The van der Waals surface area contributed by atoms with Crippen molar-refractivity contribution in [2.24, 2.45) is 0 Å². The number of anilines is 1. The van der Waals surface area contributed by atoms with Crippen LogP contribution in [0.2, 0.25) is 0 Å². The minimum Gasteiger partial charge on any atom is -0.451 e. The van der Waals surface area contributed by atoms with Gasteiger partial charge in [0.1, 0.15) is 11.3 Å². The number of rotatable bonds is 5. The summed E-state index contributed by atoms with van der Waals surface area (Å²) >= 11 is 0. The van der Waals surface area contributed by atoms with Gasteiger partial charge in [0.15, 0.2) is 5.76 Å². The summed E-state index contributed by atoms with van der Waals surface area (Å²) in [4.78, 5) is 31.4. The van der Waals surface area contributed by atoms with Crippen molar-refractivity contribution in [3.05, 3.63) is 77.6 Å². The maximum Gasteiger partial charge on any atom is 0.416 e. The van der Waals surface area contributed by atoms with E-state index < -0.39 is 23.2 Å². The van der Waals surface area contributed by atoms with Crippen LogP contribution in [0.15, 0.2) is 65.1 Å². The molecular formula is C30H33F3N4O3. The van der Waals surface area contributed by atoms with Gasteiger partial charge in [0.25, 0.3) is 5.91 Å². The molecule has 0 bridgehead atoms. The number of alkyl halides is 3. The Balaban J connectivity index is 1.31. The SMILES string of the molecule is Cc1cccc(N2CCN(C(=O)C3(NC(=O)c4ccc(-c5cccc(C(F)(F)F)c5)o4)CCNCC3)CC2C)c1. The summed E-state index contributed by atoms with van der Waals surface area (Å²) < 4.78 is 45.1. The molecule has 3 aromatic rings. The molecule has 2 aliphatic rings. The summed E-state index contributed by atoms with van der Waals surface area (Å²) in [7, 11) is 0. The monoisotopic (exact) mass is 554 g/mol. The van der Waals surface area contributed by atoms with Crippen molar-refractivity contribution in [3.8, 4) is 11.3 Å². The fourth-order valence-electron chi connectivity index (χ4n) is 5.62. The molecule has 2 fully saturated rings. The Kier molecular flexibility index (Phi) is 7.63. The average Bonchev–Trinajstić information content (AvgIpc) is 3.43. The van der Waals surface area contributed by atoms with E-state index in [-0.39, 0.29) is 29.0 Å². The molecule has 40 heavy (non-hydrogen) atoms. The van der Waals surface area contributed by atoms with Crippen LogP contribution in [0.25, 0.3) is 11.3 Å². The molecule has 0 saturated carbocycles. The quantitative estimate of drug-likeness (QED) is 0.471. The summed E-state index contributed by atoms with van der Waals surface area (Å²) in [6.45, 7) is 7.02. The number of aryl methyl sites for hydroxylation is 1. The molecular weight excluding hydrogens is 521 g/mol. The van der Waals surface area contributed by atoms with E-state index in [9.17, 15) is 22.8 Å². The van der Waals surface area contributed by atoms with E-state index in [2.05, 4.69) is 47.6 Å². The number of halogens is 3. The molecule has 2 N–H and O–H groups in total. The Morgan fingerprint density at radius 1 is 1.02 bits per heavy atom. The highest BCUT2D eigenvalue weighted by atomic mass is 19.4. The van der Waals surface area contributed by atoms with Gasteiger partial charge in [-0.3, -0.25) is 9.59 Å². The summed E-state index contributed by atoms with van der Waals surface area (Å²) in [5.41, 5.74) is 0.606. The maximum atomic E-state index is 14.0. The number of hydrogen-bond donors (Lipinski definition) is 2. The van der Waals surface area contributed by atoms with E-state index in [1.54, 1.807) is 0 Å². The molecule has 0 aliphatic carbocycles. The number of nitrogens with one attached hydrogen (secondary N) is 2. The molecule has 2 amide bonds. The second kappa shape index (κ2) is 11.0. The molecule has 1 atom stereocenters. The topological polar surface area (TPSA) is 77.8 Å². The summed E-state index contributed by atoms with van der Waals surface area (Å²) in [5.74, 6) is -0.610. The predicted octanol–water partition coefficient (Wildman–Crippen LogP) is 4.86. The molecule has 2 aliphatic heterocycles. The minimum atomic E-state index is -4.49. The fourth-order valence-corrected chi connectivity index (χ4v) is 5.62. The van der Waals surface area contributed by atoms with Crippen LogP contribution >= 0.6 is 0 Å². The zero-order chi connectivity index (χ0) is 28.5. The fraction of sp³-hybridized carbons (Fsp3) is 0.400. The zero-order valence-electron chi connectivity index (χ0n) is 22.6. The van der Waals surface area contributed by atoms with Crippen molar-refractivity contribution in [2.75, 3.05) is 37.6 Å². The Morgan fingerprint density at radius 3 is 2.48 bits per heavy atom. The number of hydrogen-bond acceptors (Lipinski definition) is 5. The average molecular weight is 555 g/mol. The highest BCUT2D eigenvalue weighted by molar-refractivity contribution is 5.98. The van der Waals surface area contributed by atoms with Gasteiger partial charge < -0.3 is 24.9 Å². The first-order chi connectivity index (χ1) is 19.1. The number of amides is 2. The lowest BCUT2D eigenvalue weighted by Gasteiger charge is -2.46. The summed E-state index contributed by atoms with van der Waals surface area (Å²) in [6.07, 6.45) is -3.65. The van der Waals surface area contributed by atoms with Crippen LogP contribution in [0.5, 0.6) is 0 Å². The van der Waals surface area contributed by atoms with Crippen LogP contribution < -0.4 is 15.5 Å². The van der Waals surface area contributed by atoms with Gasteiger partial charge in [0, 0.05) is 36.9 Å². The Hall–Kier alpha value is -3.79. The first-order valence-corrected chi connectivity index (χ1v) is 13.5. The Bertz CT molecular complexity index is 1380. The van der Waals surface area contributed by atoms with Gasteiger partial charge in [-0.2, -0.15) is 13.2 Å². The van der Waals surface area contributed by atoms with E-state index in [0.717, 1.165) is 17.8 Å². The first kappa shape index (κ1) is 27.8. The van der Waals surface area contributed by atoms with Gasteiger partial charge >= 0.3 is 6.18 Å². The van der Waals surface area contributed by atoms with Crippen molar-refractivity contribution in [1.29, 1.82) is 0 Å². The molecule has 0 radical (unpaired) electrons. The largest absolute Gasteiger partial charge is 0.451 e. The van der Waals surface area contributed by atoms with E-state index in [1.165, 1.54) is 29.8 Å². The van der Waals surface area contributed by atoms with E-state index >= 15 is 0 Å². The van der Waals surface area contributed by atoms with Crippen LogP contribution in [0.1, 0.15) is 41.4 Å². The first-order valence-electron chi connectivity index (χ1n) is 13.5. The molecule has 0 spiro atoms. The third-order valence-corrected chi connectivity index (χ3v) is 7.77. The van der Waals surface area contributed by atoms with Crippen LogP contribution in [-0.2, 0) is 11.0 Å². The summed E-state index contributed by atoms with van der Waals surface area (Å²) in [6, 6.07) is 16.0. The number of benzene rings is 2. The summed E-state index contributed by atoms with van der Waals surface area (Å²) in [5, 5.41) is 6.20. The standard InChI is InChI=1S/C30H33F3N4O3/c1-20-5-3-8-24(17-20)37-16-15-36(19-21(37)2)28(39)29(11-13-34-14-12-29)35-27(38)26-10-9-25(40-26)22-6-4-7-23(18-22)30(31,32)33/h3-10,17-18,21,34H,11-16,19H2,1-2H3,(H,35,38). The van der Waals surface area contributed by atoms with Crippen LogP contribution in [-0.4, -0.2) is 61.0 Å². The third-order valence-electron chi connectivity index (χ3n) is 7.77. The number of piperazine rings is 1. The number of nitrogens with zero attached hydrogens (tertiary/aromatic N) is 2. The van der Waals surface area contributed by atoms with Gasteiger partial charge in [-0.05, 0) is 81.7 Å². The molecule has 212 valence electrons. The van der Waals surface area contributed by atoms with Crippen LogP contribution in [0, 0.1) is 6.92 Å². The van der Waals surface area contributed by atoms with Gasteiger partial charge in [-0.25, -0.2) is 0 Å². The van der Waals surface area contributed by atoms with Crippen LogP contribution in [0.4, 0.5) is 18.9 Å². The lowest BCUT2D eigenvalue weighted by Crippen LogP contribution is -2.66. The lowest BCUT2D eigenvalue weighted by atomic mass is 9.86. The molecule has 2 saturated heterocycles. The van der Waals surface area contributed by atoms with E-state index in [4.69, 9.17) is 4.42 Å². The second-order valence-corrected chi connectivity index (χ2v) is 10.7. The minimum absolute atomic E-state index is 0.0595. The van der Waals surface area contributed by atoms with E-state index in [0.29, 0.717) is 45.6 Å². The molecule has 3 heterocycles. The third kappa shape index (κ3) is 5.72. The second-order valence-electron chi connectivity index (χ2n) is 10.7. The molecule has 5 rings (SSSR count). The predicted molar refractivity (Wildman–Crippen MR) is 146 cm³/mol. The van der Waals surface area contributed by atoms with Crippen molar-refractivity contribution in [2.45, 2.75) is 44.4 Å². The molecule has 10 heteroatoms. The smallest absolute Gasteiger partial charge is 0.416 e.